The number of aromatic nitrogens is 1. The highest BCUT2D eigenvalue weighted by Gasteiger charge is 2.11. The molecule has 1 aromatic heterocycles. The molecule has 0 atom stereocenters. The van der Waals surface area contributed by atoms with Crippen LogP contribution in [-0.2, 0) is 4.74 Å². The zero-order chi connectivity index (χ0) is 21.0. The van der Waals surface area contributed by atoms with Gasteiger partial charge in [0.05, 0.1) is 30.1 Å². The Balaban J connectivity index is 1.79. The van der Waals surface area contributed by atoms with E-state index in [9.17, 15) is 9.59 Å². The summed E-state index contributed by atoms with van der Waals surface area (Å²) in [4.78, 5) is 28.5. The molecule has 0 unspecified atom stereocenters. The second-order valence-electron chi connectivity index (χ2n) is 6.89. The molecule has 0 aliphatic carbocycles. The van der Waals surface area contributed by atoms with Crippen molar-refractivity contribution in [2.24, 2.45) is 0 Å². The Bertz CT molecular complexity index is 1050. The number of ether oxygens (including phenoxy) is 1. The zero-order valence-electron chi connectivity index (χ0n) is 16.9. The summed E-state index contributed by atoms with van der Waals surface area (Å²) in [7, 11) is 1.31. The average molecular weight is 389 g/mol. The molecule has 0 radical (unpaired) electrons. The number of hydrogen-bond acceptors (Lipinski definition) is 5. The van der Waals surface area contributed by atoms with Gasteiger partial charge in [-0.1, -0.05) is 23.8 Å². The quantitative estimate of drug-likeness (QED) is 0.613. The number of anilines is 3. The summed E-state index contributed by atoms with van der Waals surface area (Å²) < 4.78 is 4.71. The number of aryl methyl sites for hydroxylation is 3. The van der Waals surface area contributed by atoms with Gasteiger partial charge in [-0.05, 0) is 56.2 Å². The number of nitrogens with one attached hydrogen (secondary N) is 2. The van der Waals surface area contributed by atoms with Gasteiger partial charge >= 0.3 is 5.97 Å². The van der Waals surface area contributed by atoms with Crippen molar-refractivity contribution in [3.05, 3.63) is 82.7 Å². The summed E-state index contributed by atoms with van der Waals surface area (Å²) in [5.41, 5.74) is 6.43. The third kappa shape index (κ3) is 4.79. The SMILES string of the molecule is COC(=O)c1cccc(NC(=O)c2cncc(Nc3c(C)cc(C)cc3C)c2)c1. The van der Waals surface area contributed by atoms with Crippen LogP contribution in [0.4, 0.5) is 17.1 Å². The highest BCUT2D eigenvalue weighted by atomic mass is 16.5. The monoisotopic (exact) mass is 389 g/mol. The Morgan fingerprint density at radius 3 is 2.28 bits per heavy atom. The molecule has 0 aliphatic rings. The van der Waals surface area contributed by atoms with Crippen molar-refractivity contribution in [1.82, 2.24) is 4.98 Å². The normalized spacial score (nSPS) is 10.3. The van der Waals surface area contributed by atoms with Gasteiger partial charge in [0.15, 0.2) is 0 Å². The van der Waals surface area contributed by atoms with Gasteiger partial charge < -0.3 is 15.4 Å². The Labute approximate surface area is 169 Å². The molecule has 0 fully saturated rings. The van der Waals surface area contributed by atoms with Gasteiger partial charge in [-0.2, -0.15) is 0 Å². The fourth-order valence-corrected chi connectivity index (χ4v) is 3.20. The summed E-state index contributed by atoms with van der Waals surface area (Å²) in [6.45, 7) is 6.15. The van der Waals surface area contributed by atoms with Crippen molar-refractivity contribution in [1.29, 1.82) is 0 Å². The number of nitrogens with zero attached hydrogens (tertiary/aromatic N) is 1. The fraction of sp³-hybridized carbons (Fsp3) is 0.174. The van der Waals surface area contributed by atoms with Crippen LogP contribution in [0.5, 0.6) is 0 Å². The Hall–Kier alpha value is -3.67. The van der Waals surface area contributed by atoms with Crippen molar-refractivity contribution in [3.8, 4) is 0 Å². The number of carbonyl (C=O) groups excluding carboxylic acids is 2. The maximum atomic E-state index is 12.7. The third-order valence-electron chi connectivity index (χ3n) is 4.49. The fourth-order valence-electron chi connectivity index (χ4n) is 3.20. The van der Waals surface area contributed by atoms with Crippen LogP contribution in [-0.4, -0.2) is 24.0 Å². The number of rotatable bonds is 5. The Kier molecular flexibility index (Phi) is 5.93. The number of pyridine rings is 1. The van der Waals surface area contributed by atoms with Crippen LogP contribution in [0.15, 0.2) is 54.9 Å². The molecule has 29 heavy (non-hydrogen) atoms. The summed E-state index contributed by atoms with van der Waals surface area (Å²) in [6, 6.07) is 12.5. The standard InChI is InChI=1S/C23H23N3O3/c1-14-8-15(2)21(16(3)9-14)25-20-11-18(12-24-13-20)22(27)26-19-7-5-6-17(10-19)23(28)29-4/h5-13,25H,1-4H3,(H,26,27). The minimum Gasteiger partial charge on any atom is -0.465 e. The van der Waals surface area contributed by atoms with Crippen molar-refractivity contribution in [2.75, 3.05) is 17.7 Å². The van der Waals surface area contributed by atoms with Crippen LogP contribution >= 0.6 is 0 Å². The van der Waals surface area contributed by atoms with Crippen LogP contribution in [0.1, 0.15) is 37.4 Å². The van der Waals surface area contributed by atoms with Crippen molar-refractivity contribution in [2.45, 2.75) is 20.8 Å². The van der Waals surface area contributed by atoms with Gasteiger partial charge in [-0.25, -0.2) is 4.79 Å². The van der Waals surface area contributed by atoms with Gasteiger partial charge in [-0.15, -0.1) is 0 Å². The first-order valence-corrected chi connectivity index (χ1v) is 9.17. The number of hydrogen-bond donors (Lipinski definition) is 2. The molecule has 6 nitrogen and oxygen atoms in total. The summed E-state index contributed by atoms with van der Waals surface area (Å²) >= 11 is 0. The van der Waals surface area contributed by atoms with E-state index in [1.807, 2.05) is 13.8 Å². The third-order valence-corrected chi connectivity index (χ3v) is 4.49. The molecule has 0 spiro atoms. The van der Waals surface area contributed by atoms with E-state index in [1.165, 1.54) is 18.9 Å². The van der Waals surface area contributed by atoms with Gasteiger partial charge in [0.2, 0.25) is 0 Å². The van der Waals surface area contributed by atoms with E-state index < -0.39 is 5.97 Å². The second kappa shape index (κ2) is 8.56. The van der Waals surface area contributed by atoms with Gasteiger partial charge in [0.25, 0.3) is 5.91 Å². The van der Waals surface area contributed by atoms with E-state index in [0.717, 1.165) is 22.5 Å². The lowest BCUT2D eigenvalue weighted by Crippen LogP contribution is -2.13. The predicted octanol–water partition coefficient (Wildman–Crippen LogP) is 4.79. The number of amides is 1. The molecular weight excluding hydrogens is 366 g/mol. The topological polar surface area (TPSA) is 80.3 Å². The molecule has 1 heterocycles. The van der Waals surface area contributed by atoms with Gasteiger partial charge in [0, 0.05) is 17.6 Å². The Morgan fingerprint density at radius 1 is 0.897 bits per heavy atom. The maximum Gasteiger partial charge on any atom is 0.337 e. The van der Waals surface area contributed by atoms with Crippen molar-refractivity contribution in [3.63, 3.8) is 0 Å². The molecule has 2 N–H and O–H groups in total. The van der Waals surface area contributed by atoms with E-state index in [2.05, 4.69) is 34.7 Å². The highest BCUT2D eigenvalue weighted by molar-refractivity contribution is 6.05. The van der Waals surface area contributed by atoms with Crippen LogP contribution in [0, 0.1) is 20.8 Å². The first-order chi connectivity index (χ1) is 13.9. The highest BCUT2D eigenvalue weighted by Crippen LogP contribution is 2.26. The average Bonchev–Trinajstić information content (AvgIpc) is 2.70. The number of methoxy groups -OCH3 is 1. The molecule has 0 saturated carbocycles. The lowest BCUT2D eigenvalue weighted by molar-refractivity contribution is 0.0600. The Morgan fingerprint density at radius 2 is 1.59 bits per heavy atom. The molecule has 0 saturated heterocycles. The molecule has 3 aromatic rings. The minimum atomic E-state index is -0.460. The van der Waals surface area contributed by atoms with E-state index >= 15 is 0 Å². The van der Waals surface area contributed by atoms with Crippen molar-refractivity contribution < 1.29 is 14.3 Å². The molecular formula is C23H23N3O3. The first-order valence-electron chi connectivity index (χ1n) is 9.17. The van der Waals surface area contributed by atoms with Gasteiger partial charge in [0.1, 0.15) is 0 Å². The van der Waals surface area contributed by atoms with E-state index in [4.69, 9.17) is 4.74 Å². The molecule has 2 aromatic carbocycles. The molecule has 148 valence electrons. The van der Waals surface area contributed by atoms with E-state index in [1.54, 1.807) is 36.5 Å². The number of esters is 1. The predicted molar refractivity (Wildman–Crippen MR) is 114 cm³/mol. The summed E-state index contributed by atoms with van der Waals surface area (Å²) in [6.07, 6.45) is 3.17. The van der Waals surface area contributed by atoms with Crippen LogP contribution < -0.4 is 10.6 Å². The largest absolute Gasteiger partial charge is 0.465 e. The number of benzene rings is 2. The second-order valence-corrected chi connectivity index (χ2v) is 6.89. The maximum absolute atomic E-state index is 12.7. The van der Waals surface area contributed by atoms with Crippen LogP contribution in [0.25, 0.3) is 0 Å². The summed E-state index contributed by atoms with van der Waals surface area (Å²) in [5.74, 6) is -0.779. The van der Waals surface area contributed by atoms with Crippen LogP contribution in [0.2, 0.25) is 0 Å². The van der Waals surface area contributed by atoms with Gasteiger partial charge in [-0.3, -0.25) is 9.78 Å². The van der Waals surface area contributed by atoms with E-state index in [0.29, 0.717) is 16.8 Å². The minimum absolute atomic E-state index is 0.319. The zero-order valence-corrected chi connectivity index (χ0v) is 16.9. The first kappa shape index (κ1) is 20.1. The molecule has 0 aliphatic heterocycles. The molecule has 6 heteroatoms. The lowest BCUT2D eigenvalue weighted by Gasteiger charge is -2.14. The molecule has 3 rings (SSSR count). The number of carbonyl (C=O) groups is 2. The van der Waals surface area contributed by atoms with Crippen LogP contribution in [0.3, 0.4) is 0 Å². The lowest BCUT2D eigenvalue weighted by atomic mass is 10.0. The van der Waals surface area contributed by atoms with Crippen molar-refractivity contribution >= 4 is 28.9 Å². The van der Waals surface area contributed by atoms with E-state index in [-0.39, 0.29) is 5.91 Å². The summed E-state index contributed by atoms with van der Waals surface area (Å²) in [5, 5.41) is 6.14. The smallest absolute Gasteiger partial charge is 0.337 e. The molecule has 1 amide bonds. The molecule has 0 bridgehead atoms.